The van der Waals surface area contributed by atoms with Crippen LogP contribution in [-0.4, -0.2) is 19.0 Å². The highest BCUT2D eigenvalue weighted by molar-refractivity contribution is 7.16. The lowest BCUT2D eigenvalue weighted by Crippen LogP contribution is -2.38. The summed E-state index contributed by atoms with van der Waals surface area (Å²) in [6, 6.07) is 14.6. The molecule has 2 aliphatic rings. The second-order valence-electron chi connectivity index (χ2n) is 10.7. The van der Waals surface area contributed by atoms with Gasteiger partial charge in [-0.05, 0) is 77.6 Å². The monoisotopic (exact) mass is 516 g/mol. The van der Waals surface area contributed by atoms with Gasteiger partial charge in [0.25, 0.3) is 5.91 Å². The summed E-state index contributed by atoms with van der Waals surface area (Å²) in [5.41, 5.74) is 4.06. The zero-order valence-electron chi connectivity index (χ0n) is 21.6. The number of carbonyl (C=O) groups is 2. The van der Waals surface area contributed by atoms with E-state index < -0.39 is 5.97 Å². The summed E-state index contributed by atoms with van der Waals surface area (Å²) in [6.07, 6.45) is 5.85. The van der Waals surface area contributed by atoms with Crippen molar-refractivity contribution < 1.29 is 19.1 Å². The van der Waals surface area contributed by atoms with Crippen LogP contribution in [0.1, 0.15) is 65.3 Å². The predicted molar refractivity (Wildman–Crippen MR) is 147 cm³/mol. The number of ether oxygens (including phenoxy) is 2. The van der Waals surface area contributed by atoms with Crippen LogP contribution >= 0.6 is 11.3 Å². The molecule has 2 atom stereocenters. The van der Waals surface area contributed by atoms with Crippen molar-refractivity contribution in [3.8, 4) is 11.5 Å². The highest BCUT2D eigenvalue weighted by Gasteiger charge is 2.36. The smallest absolute Gasteiger partial charge is 0.336 e. The molecule has 37 heavy (non-hydrogen) atoms. The molecule has 2 heterocycles. The van der Waals surface area contributed by atoms with Crippen LogP contribution in [0.25, 0.3) is 6.08 Å². The number of thiophene rings is 1. The number of methoxy groups -OCH3 is 1. The standard InChI is InChI=1S/C30H32N2O4S/c1-30(2,3)20-10-15-23-24(17-20)37-29-26(23)28(34)31-27(32-29)19-8-13-22(14-9-19)36-25(33)16-7-18-5-11-21(35-4)12-6-18/h5-9,11-14,16,20,27,32H,10,15,17H2,1-4H3,(H,31,34)/b16-7+/t20-,27+/m1/s1. The molecule has 2 aromatic carbocycles. The number of rotatable bonds is 5. The average Bonchev–Trinajstić information content (AvgIpc) is 3.26. The first kappa shape index (κ1) is 25.1. The number of hydrogen-bond donors (Lipinski definition) is 2. The van der Waals surface area contributed by atoms with Crippen LogP contribution in [0.15, 0.2) is 54.6 Å². The van der Waals surface area contributed by atoms with Crippen LogP contribution in [0.3, 0.4) is 0 Å². The molecule has 1 aliphatic heterocycles. The van der Waals surface area contributed by atoms with E-state index in [4.69, 9.17) is 9.47 Å². The number of anilines is 1. The van der Waals surface area contributed by atoms with Crippen LogP contribution in [0, 0.1) is 11.3 Å². The Morgan fingerprint density at radius 2 is 1.73 bits per heavy atom. The van der Waals surface area contributed by atoms with Crippen molar-refractivity contribution in [2.45, 2.75) is 46.2 Å². The van der Waals surface area contributed by atoms with E-state index in [1.54, 1.807) is 36.7 Å². The Morgan fingerprint density at radius 3 is 2.41 bits per heavy atom. The molecule has 0 unspecified atom stereocenters. The van der Waals surface area contributed by atoms with Gasteiger partial charge in [0.15, 0.2) is 0 Å². The number of benzene rings is 2. The quantitative estimate of drug-likeness (QED) is 0.234. The highest BCUT2D eigenvalue weighted by atomic mass is 32.1. The Labute approximate surface area is 221 Å². The largest absolute Gasteiger partial charge is 0.497 e. The molecule has 5 rings (SSSR count). The second-order valence-corrected chi connectivity index (χ2v) is 11.8. The van der Waals surface area contributed by atoms with Gasteiger partial charge in [-0.15, -0.1) is 11.3 Å². The van der Waals surface area contributed by atoms with Gasteiger partial charge in [-0.1, -0.05) is 45.0 Å². The molecule has 1 amide bonds. The first-order valence-corrected chi connectivity index (χ1v) is 13.4. The third-order valence-electron chi connectivity index (χ3n) is 7.23. The van der Waals surface area contributed by atoms with Gasteiger partial charge >= 0.3 is 5.97 Å². The van der Waals surface area contributed by atoms with Crippen molar-refractivity contribution in [2.24, 2.45) is 11.3 Å². The van der Waals surface area contributed by atoms with Gasteiger partial charge in [-0.2, -0.15) is 0 Å². The molecule has 1 aromatic heterocycles. The van der Waals surface area contributed by atoms with E-state index in [1.807, 2.05) is 36.4 Å². The summed E-state index contributed by atoms with van der Waals surface area (Å²) in [7, 11) is 1.61. The fourth-order valence-electron chi connectivity index (χ4n) is 4.96. The molecule has 0 bridgehead atoms. The minimum atomic E-state index is -0.463. The van der Waals surface area contributed by atoms with Crippen LogP contribution in [-0.2, 0) is 17.6 Å². The van der Waals surface area contributed by atoms with E-state index in [0.717, 1.165) is 46.7 Å². The molecule has 7 heteroatoms. The van der Waals surface area contributed by atoms with Crippen LogP contribution < -0.4 is 20.1 Å². The lowest BCUT2D eigenvalue weighted by Gasteiger charge is -2.34. The van der Waals surface area contributed by atoms with Gasteiger partial charge in [0.05, 0.1) is 12.7 Å². The van der Waals surface area contributed by atoms with E-state index in [9.17, 15) is 9.59 Å². The van der Waals surface area contributed by atoms with Crippen molar-refractivity contribution in [1.82, 2.24) is 5.32 Å². The van der Waals surface area contributed by atoms with Gasteiger partial charge in [0.1, 0.15) is 22.7 Å². The van der Waals surface area contributed by atoms with E-state index >= 15 is 0 Å². The second kappa shape index (κ2) is 10.1. The fourth-order valence-corrected chi connectivity index (χ4v) is 6.31. The number of hydrogen-bond acceptors (Lipinski definition) is 6. The van der Waals surface area contributed by atoms with Crippen LogP contribution in [0.2, 0.25) is 0 Å². The minimum absolute atomic E-state index is 0.0235. The van der Waals surface area contributed by atoms with Crippen molar-refractivity contribution in [2.75, 3.05) is 12.4 Å². The normalized spacial score (nSPS) is 19.0. The maximum absolute atomic E-state index is 13.1. The minimum Gasteiger partial charge on any atom is -0.497 e. The molecular weight excluding hydrogens is 484 g/mol. The molecule has 1 aliphatic carbocycles. The molecule has 0 saturated heterocycles. The van der Waals surface area contributed by atoms with E-state index in [-0.39, 0.29) is 17.5 Å². The molecule has 192 valence electrons. The van der Waals surface area contributed by atoms with Crippen LogP contribution in [0.5, 0.6) is 11.5 Å². The molecule has 0 radical (unpaired) electrons. The van der Waals surface area contributed by atoms with Crippen LogP contribution in [0.4, 0.5) is 5.00 Å². The highest BCUT2D eigenvalue weighted by Crippen LogP contribution is 2.46. The Bertz CT molecular complexity index is 1330. The summed E-state index contributed by atoms with van der Waals surface area (Å²) in [5.74, 6) is 1.34. The van der Waals surface area contributed by atoms with Crippen molar-refractivity contribution in [1.29, 1.82) is 0 Å². The number of carbonyl (C=O) groups excluding carboxylic acids is 2. The predicted octanol–water partition coefficient (Wildman–Crippen LogP) is 6.38. The van der Waals surface area contributed by atoms with Crippen molar-refractivity contribution >= 4 is 34.3 Å². The molecule has 2 N–H and O–H groups in total. The summed E-state index contributed by atoms with van der Waals surface area (Å²) in [4.78, 5) is 26.7. The zero-order valence-corrected chi connectivity index (χ0v) is 22.4. The first-order valence-electron chi connectivity index (χ1n) is 12.6. The zero-order chi connectivity index (χ0) is 26.2. The molecular formula is C30H32N2O4S. The van der Waals surface area contributed by atoms with Gasteiger partial charge in [-0.3, -0.25) is 4.79 Å². The summed E-state index contributed by atoms with van der Waals surface area (Å²) in [5, 5.41) is 7.57. The molecule has 0 saturated carbocycles. The lowest BCUT2D eigenvalue weighted by atomic mass is 9.72. The van der Waals surface area contributed by atoms with Gasteiger partial charge < -0.3 is 20.1 Å². The van der Waals surface area contributed by atoms with E-state index in [2.05, 4.69) is 31.4 Å². The molecule has 3 aromatic rings. The lowest BCUT2D eigenvalue weighted by molar-refractivity contribution is -0.128. The first-order chi connectivity index (χ1) is 17.7. The van der Waals surface area contributed by atoms with Crippen molar-refractivity contribution in [3.05, 3.63) is 81.7 Å². The molecule has 6 nitrogen and oxygen atoms in total. The Hall–Kier alpha value is -3.58. The fraction of sp³-hybridized carbons (Fsp3) is 0.333. The topological polar surface area (TPSA) is 76.7 Å². The number of fused-ring (bicyclic) bond motifs is 3. The summed E-state index contributed by atoms with van der Waals surface area (Å²) < 4.78 is 10.6. The number of esters is 1. The third-order valence-corrected chi connectivity index (χ3v) is 8.41. The Kier molecular flexibility index (Phi) is 6.82. The maximum atomic E-state index is 13.1. The molecule has 0 spiro atoms. The third kappa shape index (κ3) is 5.42. The average molecular weight is 517 g/mol. The van der Waals surface area contributed by atoms with Gasteiger partial charge in [0, 0.05) is 11.0 Å². The van der Waals surface area contributed by atoms with E-state index in [1.165, 1.54) is 16.5 Å². The Morgan fingerprint density at radius 1 is 1.03 bits per heavy atom. The summed E-state index contributed by atoms with van der Waals surface area (Å²) >= 11 is 1.72. The van der Waals surface area contributed by atoms with E-state index in [0.29, 0.717) is 11.7 Å². The Balaban J connectivity index is 1.23. The SMILES string of the molecule is COc1ccc(/C=C/C(=O)Oc2ccc([C@H]3NC(=O)c4c(sc5c4CC[C@@H](C(C)(C)C)C5)N3)cc2)cc1. The number of amides is 1. The van der Waals surface area contributed by atoms with Crippen molar-refractivity contribution in [3.63, 3.8) is 0 Å². The van der Waals surface area contributed by atoms with Gasteiger partial charge in [-0.25, -0.2) is 4.79 Å². The number of nitrogens with one attached hydrogen (secondary N) is 2. The van der Waals surface area contributed by atoms with Gasteiger partial charge in [0.2, 0.25) is 0 Å². The summed E-state index contributed by atoms with van der Waals surface area (Å²) in [6.45, 7) is 6.90. The maximum Gasteiger partial charge on any atom is 0.336 e. The molecule has 0 fully saturated rings.